The molecule has 0 saturated carbocycles. The smallest absolute Gasteiger partial charge is 0.167 e. The average Bonchev–Trinajstić information content (AvgIpc) is 2.85. The molecule has 0 bridgehead atoms. The first-order valence-corrected chi connectivity index (χ1v) is 6.30. The molecule has 18 heavy (non-hydrogen) atoms. The predicted octanol–water partition coefficient (Wildman–Crippen LogP) is 1.92. The zero-order chi connectivity index (χ0) is 13.0. The monoisotopic (exact) mass is 253 g/mol. The van der Waals surface area contributed by atoms with E-state index in [0.29, 0.717) is 5.69 Å². The molecule has 1 fully saturated rings. The van der Waals surface area contributed by atoms with E-state index in [4.69, 9.17) is 10.5 Å². The van der Waals surface area contributed by atoms with E-state index in [1.807, 2.05) is 0 Å². The highest BCUT2D eigenvalue weighted by molar-refractivity contribution is 5.68. The van der Waals surface area contributed by atoms with Gasteiger partial charge in [-0.3, -0.25) is 0 Å². The van der Waals surface area contributed by atoms with Crippen LogP contribution in [0.1, 0.15) is 12.8 Å². The third kappa shape index (κ3) is 3.04. The fraction of sp³-hybridized carbons (Fsp3) is 0.538. The number of benzene rings is 1. The minimum Gasteiger partial charge on any atom is -0.494 e. The lowest BCUT2D eigenvalue weighted by atomic mass is 10.2. The molecule has 1 aromatic carbocycles. The number of hydrogen-bond donors (Lipinski definition) is 2. The Hall–Kier alpha value is -1.49. The van der Waals surface area contributed by atoms with Gasteiger partial charge in [0.2, 0.25) is 0 Å². The summed E-state index contributed by atoms with van der Waals surface area (Å²) in [4.78, 5) is 2.41. The van der Waals surface area contributed by atoms with E-state index in [-0.39, 0.29) is 5.75 Å². The molecule has 4 nitrogen and oxygen atoms in total. The molecule has 100 valence electrons. The predicted molar refractivity (Wildman–Crippen MR) is 71.5 cm³/mol. The van der Waals surface area contributed by atoms with Crippen molar-refractivity contribution in [3.05, 3.63) is 17.9 Å². The van der Waals surface area contributed by atoms with Crippen molar-refractivity contribution in [1.82, 2.24) is 4.90 Å². The van der Waals surface area contributed by atoms with Gasteiger partial charge in [-0.2, -0.15) is 0 Å². The highest BCUT2D eigenvalue weighted by atomic mass is 19.1. The maximum atomic E-state index is 13.4. The lowest BCUT2D eigenvalue weighted by molar-refractivity contribution is 0.352. The second kappa shape index (κ2) is 5.91. The van der Waals surface area contributed by atoms with Crippen LogP contribution in [-0.4, -0.2) is 38.2 Å². The zero-order valence-corrected chi connectivity index (χ0v) is 10.7. The Balaban J connectivity index is 1.91. The van der Waals surface area contributed by atoms with Gasteiger partial charge in [-0.05, 0) is 25.9 Å². The van der Waals surface area contributed by atoms with Crippen LogP contribution in [0, 0.1) is 5.82 Å². The van der Waals surface area contributed by atoms with E-state index in [9.17, 15) is 4.39 Å². The lowest BCUT2D eigenvalue weighted by Gasteiger charge is -2.16. The van der Waals surface area contributed by atoms with E-state index in [0.717, 1.165) is 18.8 Å². The molecule has 1 aromatic rings. The quantitative estimate of drug-likeness (QED) is 0.787. The molecule has 0 spiro atoms. The molecule has 0 radical (unpaired) electrons. The number of rotatable bonds is 5. The Morgan fingerprint density at radius 2 is 2.11 bits per heavy atom. The van der Waals surface area contributed by atoms with Gasteiger partial charge in [0.1, 0.15) is 0 Å². The van der Waals surface area contributed by atoms with E-state index < -0.39 is 5.82 Å². The van der Waals surface area contributed by atoms with Crippen LogP contribution < -0.4 is 15.8 Å². The molecule has 1 aliphatic heterocycles. The lowest BCUT2D eigenvalue weighted by Crippen LogP contribution is -2.26. The number of nitrogens with one attached hydrogen (secondary N) is 1. The molecule has 0 atom stereocenters. The minimum absolute atomic E-state index is 0.216. The summed E-state index contributed by atoms with van der Waals surface area (Å²) in [5.41, 5.74) is 6.91. The van der Waals surface area contributed by atoms with Crippen LogP contribution in [0.4, 0.5) is 15.8 Å². The number of hydrogen-bond acceptors (Lipinski definition) is 4. The Bertz CT molecular complexity index is 405. The number of anilines is 2. The number of likely N-dealkylation sites (tertiary alicyclic amines) is 1. The fourth-order valence-corrected chi connectivity index (χ4v) is 2.23. The van der Waals surface area contributed by atoms with Crippen LogP contribution >= 0.6 is 0 Å². The summed E-state index contributed by atoms with van der Waals surface area (Å²) in [6.07, 6.45) is 2.57. The van der Waals surface area contributed by atoms with Crippen LogP contribution in [0.2, 0.25) is 0 Å². The maximum Gasteiger partial charge on any atom is 0.167 e. The van der Waals surface area contributed by atoms with Crippen molar-refractivity contribution in [2.75, 3.05) is 44.3 Å². The van der Waals surface area contributed by atoms with Crippen molar-refractivity contribution in [1.29, 1.82) is 0 Å². The molecule has 3 N–H and O–H groups in total. The molecule has 2 rings (SSSR count). The van der Waals surface area contributed by atoms with Crippen LogP contribution in [0.3, 0.4) is 0 Å². The molecular weight excluding hydrogens is 233 g/mol. The summed E-state index contributed by atoms with van der Waals surface area (Å²) >= 11 is 0. The van der Waals surface area contributed by atoms with E-state index in [1.165, 1.54) is 39.1 Å². The highest BCUT2D eigenvalue weighted by Crippen LogP contribution is 2.27. The van der Waals surface area contributed by atoms with Gasteiger partial charge < -0.3 is 20.7 Å². The number of ether oxygens (including phenoxy) is 1. The third-order valence-electron chi connectivity index (χ3n) is 3.27. The molecule has 0 aliphatic carbocycles. The largest absolute Gasteiger partial charge is 0.494 e. The standard InChI is InChI=1S/C13H20FN3O/c1-18-13-9-12(11(15)8-10(13)14)16-4-7-17-5-2-3-6-17/h8-9,16H,2-7,15H2,1H3. The first kappa shape index (κ1) is 13.0. The van der Waals surface area contributed by atoms with Crippen molar-refractivity contribution < 1.29 is 9.13 Å². The number of nitrogen functional groups attached to an aromatic ring is 1. The van der Waals surface area contributed by atoms with Crippen LogP contribution in [-0.2, 0) is 0 Å². The first-order chi connectivity index (χ1) is 8.70. The maximum absolute atomic E-state index is 13.4. The summed E-state index contributed by atoms with van der Waals surface area (Å²) in [6.45, 7) is 4.13. The summed E-state index contributed by atoms with van der Waals surface area (Å²) in [6, 6.07) is 2.89. The normalized spacial score (nSPS) is 15.9. The zero-order valence-electron chi connectivity index (χ0n) is 10.7. The van der Waals surface area contributed by atoms with Crippen molar-refractivity contribution in [3.63, 3.8) is 0 Å². The molecule has 0 aromatic heterocycles. The second-order valence-corrected chi connectivity index (χ2v) is 4.55. The summed E-state index contributed by atoms with van der Waals surface area (Å²) in [5.74, 6) is -0.215. The van der Waals surface area contributed by atoms with Crippen LogP contribution in [0.25, 0.3) is 0 Å². The number of nitrogens with two attached hydrogens (primary N) is 1. The third-order valence-corrected chi connectivity index (χ3v) is 3.27. The van der Waals surface area contributed by atoms with E-state index in [1.54, 1.807) is 6.07 Å². The summed E-state index contributed by atoms with van der Waals surface area (Å²) < 4.78 is 18.3. The van der Waals surface area contributed by atoms with Gasteiger partial charge in [0.05, 0.1) is 18.5 Å². The summed E-state index contributed by atoms with van der Waals surface area (Å²) in [5, 5.41) is 3.23. The fourth-order valence-electron chi connectivity index (χ4n) is 2.23. The number of halogens is 1. The SMILES string of the molecule is COc1cc(NCCN2CCCC2)c(N)cc1F. The number of methoxy groups -OCH3 is 1. The molecule has 0 unspecified atom stereocenters. The minimum atomic E-state index is -0.430. The van der Waals surface area contributed by atoms with Crippen molar-refractivity contribution in [2.45, 2.75) is 12.8 Å². The van der Waals surface area contributed by atoms with Crippen molar-refractivity contribution in [3.8, 4) is 5.75 Å². The van der Waals surface area contributed by atoms with Crippen molar-refractivity contribution in [2.24, 2.45) is 0 Å². The molecule has 0 amide bonds. The van der Waals surface area contributed by atoms with Gasteiger partial charge in [0.15, 0.2) is 11.6 Å². The summed E-state index contributed by atoms with van der Waals surface area (Å²) in [7, 11) is 1.45. The Labute approximate surface area is 107 Å². The molecule has 1 heterocycles. The first-order valence-electron chi connectivity index (χ1n) is 6.30. The van der Waals surface area contributed by atoms with Gasteiger partial charge in [0, 0.05) is 25.2 Å². The van der Waals surface area contributed by atoms with Crippen LogP contribution in [0.15, 0.2) is 12.1 Å². The molecule has 1 saturated heterocycles. The van der Waals surface area contributed by atoms with Gasteiger partial charge in [-0.15, -0.1) is 0 Å². The molecular formula is C13H20FN3O. The average molecular weight is 253 g/mol. The molecule has 1 aliphatic rings. The van der Waals surface area contributed by atoms with Gasteiger partial charge >= 0.3 is 0 Å². The van der Waals surface area contributed by atoms with Gasteiger partial charge in [-0.25, -0.2) is 4.39 Å². The second-order valence-electron chi connectivity index (χ2n) is 4.55. The van der Waals surface area contributed by atoms with Crippen LogP contribution in [0.5, 0.6) is 5.75 Å². The van der Waals surface area contributed by atoms with E-state index in [2.05, 4.69) is 10.2 Å². The van der Waals surface area contributed by atoms with Crippen molar-refractivity contribution >= 4 is 11.4 Å². The van der Waals surface area contributed by atoms with E-state index >= 15 is 0 Å². The molecule has 5 heteroatoms. The highest BCUT2D eigenvalue weighted by Gasteiger charge is 2.11. The Morgan fingerprint density at radius 1 is 1.39 bits per heavy atom. The number of nitrogens with zero attached hydrogens (tertiary/aromatic N) is 1. The Kier molecular flexibility index (Phi) is 4.25. The topological polar surface area (TPSA) is 50.5 Å². The van der Waals surface area contributed by atoms with Gasteiger partial charge in [0.25, 0.3) is 0 Å². The Morgan fingerprint density at radius 3 is 2.78 bits per heavy atom. The van der Waals surface area contributed by atoms with Gasteiger partial charge in [-0.1, -0.05) is 0 Å².